The molecule has 0 bridgehead atoms. The van der Waals surface area contributed by atoms with Crippen molar-refractivity contribution in [2.75, 3.05) is 6.61 Å². The van der Waals surface area contributed by atoms with Crippen LogP contribution in [0.4, 0.5) is 4.39 Å². The molecule has 3 heteroatoms. The van der Waals surface area contributed by atoms with E-state index in [0.717, 1.165) is 0 Å². The first-order valence-electron chi connectivity index (χ1n) is 2.87. The topological polar surface area (TPSA) is 22.1 Å². The van der Waals surface area contributed by atoms with E-state index in [1.54, 1.807) is 6.07 Å². The second-order valence-electron chi connectivity index (χ2n) is 1.65. The smallest absolute Gasteiger partial charge is 0.216 e. The first-order valence-corrected chi connectivity index (χ1v) is 2.87. The highest BCUT2D eigenvalue weighted by atomic mass is 19.1. The fraction of sp³-hybridized carbons (Fsp3) is 0.143. The summed E-state index contributed by atoms with van der Waals surface area (Å²) < 4.78 is 17.1. The average molecular weight is 140 g/mol. The molecule has 2 nitrogen and oxygen atoms in total. The van der Waals surface area contributed by atoms with Gasteiger partial charge in [-0.3, -0.25) is 0 Å². The Morgan fingerprint density at radius 2 is 2.40 bits per heavy atom. The molecule has 0 atom stereocenters. The van der Waals surface area contributed by atoms with Gasteiger partial charge in [-0.2, -0.15) is 9.37 Å². The molecule has 10 heavy (non-hydrogen) atoms. The molecule has 1 radical (unpaired) electrons. The zero-order valence-electron chi connectivity index (χ0n) is 5.38. The monoisotopic (exact) mass is 140 g/mol. The summed E-state index contributed by atoms with van der Waals surface area (Å²) in [5, 5.41) is 0. The molecule has 0 N–H and O–H groups in total. The molecule has 0 fully saturated rings. The molecule has 0 spiro atoms. The van der Waals surface area contributed by atoms with Crippen LogP contribution >= 0.6 is 0 Å². The highest BCUT2D eigenvalue weighted by Crippen LogP contribution is 2.05. The van der Waals surface area contributed by atoms with E-state index >= 15 is 0 Å². The number of hydrogen-bond donors (Lipinski definition) is 0. The van der Waals surface area contributed by atoms with Gasteiger partial charge >= 0.3 is 0 Å². The molecule has 0 saturated heterocycles. The van der Waals surface area contributed by atoms with Gasteiger partial charge in [-0.25, -0.2) is 0 Å². The van der Waals surface area contributed by atoms with E-state index < -0.39 is 5.95 Å². The highest BCUT2D eigenvalue weighted by Gasteiger charge is 1.93. The Labute approximate surface area is 58.7 Å². The molecule has 0 amide bonds. The second-order valence-corrected chi connectivity index (χ2v) is 1.65. The maximum Gasteiger partial charge on any atom is 0.216 e. The van der Waals surface area contributed by atoms with Gasteiger partial charge in [0.05, 0.1) is 6.61 Å². The van der Waals surface area contributed by atoms with Crippen molar-refractivity contribution >= 4 is 0 Å². The van der Waals surface area contributed by atoms with Crippen LogP contribution in [0.1, 0.15) is 0 Å². The Bertz CT molecular complexity index is 215. The number of rotatable bonds is 2. The van der Waals surface area contributed by atoms with Crippen molar-refractivity contribution in [2.45, 2.75) is 0 Å². The second kappa shape index (κ2) is 3.15. The Morgan fingerprint density at radius 3 is 3.00 bits per heavy atom. The van der Waals surface area contributed by atoms with Crippen LogP contribution in [0.15, 0.2) is 18.2 Å². The molecule has 1 aromatic heterocycles. The van der Waals surface area contributed by atoms with Crippen LogP contribution in [0.25, 0.3) is 0 Å². The minimum Gasteiger partial charge on any atom is -0.478 e. The third-order valence-corrected chi connectivity index (χ3v) is 0.940. The largest absolute Gasteiger partial charge is 0.478 e. The number of hydrogen-bond acceptors (Lipinski definition) is 2. The molecular formula is C7H7FNO. The van der Waals surface area contributed by atoms with Crippen molar-refractivity contribution in [3.63, 3.8) is 0 Å². The molecule has 0 aliphatic rings. The number of pyridine rings is 1. The van der Waals surface area contributed by atoms with Gasteiger partial charge in [0.15, 0.2) is 0 Å². The minimum absolute atomic E-state index is 0.260. The normalized spacial score (nSPS) is 9.40. The fourth-order valence-electron chi connectivity index (χ4n) is 0.575. The van der Waals surface area contributed by atoms with Gasteiger partial charge in [0.25, 0.3) is 0 Å². The summed E-state index contributed by atoms with van der Waals surface area (Å²) in [6.45, 7) is 3.69. The van der Waals surface area contributed by atoms with Gasteiger partial charge in [0, 0.05) is 6.07 Å². The molecule has 0 aliphatic carbocycles. The predicted octanol–water partition coefficient (Wildman–Crippen LogP) is 1.43. The lowest BCUT2D eigenvalue weighted by Gasteiger charge is -1.98. The summed E-state index contributed by atoms with van der Waals surface area (Å²) in [6, 6.07) is 4.37. The number of aromatic nitrogens is 1. The summed E-state index contributed by atoms with van der Waals surface area (Å²) in [4.78, 5) is 3.43. The number of ether oxygens (including phenoxy) is 1. The van der Waals surface area contributed by atoms with E-state index in [2.05, 4.69) is 11.9 Å². The quantitative estimate of drug-likeness (QED) is 0.580. The summed E-state index contributed by atoms with van der Waals surface area (Å²) in [7, 11) is 0. The Kier molecular flexibility index (Phi) is 2.20. The standard InChI is InChI=1S/C7H7FNO/c1-2-10-7-5-3-4-6(8)9-7/h3-5H,1-2H2. The minimum atomic E-state index is -0.536. The first kappa shape index (κ1) is 6.99. The Morgan fingerprint density at radius 1 is 1.60 bits per heavy atom. The van der Waals surface area contributed by atoms with Crippen LogP contribution in [0.5, 0.6) is 5.88 Å². The summed E-state index contributed by atoms with van der Waals surface area (Å²) in [6.07, 6.45) is 0. The Balaban J connectivity index is 2.75. The SMILES string of the molecule is [CH2]COc1cccc(F)n1. The van der Waals surface area contributed by atoms with E-state index in [9.17, 15) is 4.39 Å². The first-order chi connectivity index (χ1) is 4.83. The molecule has 1 rings (SSSR count). The van der Waals surface area contributed by atoms with Crippen LogP contribution < -0.4 is 4.74 Å². The van der Waals surface area contributed by atoms with E-state index in [1.807, 2.05) is 0 Å². The van der Waals surface area contributed by atoms with E-state index in [1.165, 1.54) is 12.1 Å². The molecule has 0 saturated carbocycles. The Hall–Kier alpha value is -1.12. The van der Waals surface area contributed by atoms with Crippen LogP contribution in [-0.2, 0) is 0 Å². The van der Waals surface area contributed by atoms with Crippen LogP contribution in [0.3, 0.4) is 0 Å². The summed E-state index contributed by atoms with van der Waals surface area (Å²) >= 11 is 0. The lowest BCUT2D eigenvalue weighted by molar-refractivity contribution is 0.340. The van der Waals surface area contributed by atoms with Crippen LogP contribution in [0, 0.1) is 12.9 Å². The van der Waals surface area contributed by atoms with Gasteiger partial charge < -0.3 is 4.74 Å². The molecule has 53 valence electrons. The van der Waals surface area contributed by atoms with E-state index in [0.29, 0.717) is 0 Å². The average Bonchev–Trinajstić information content (AvgIpc) is 1.88. The lowest BCUT2D eigenvalue weighted by atomic mass is 10.5. The molecular weight excluding hydrogens is 133 g/mol. The van der Waals surface area contributed by atoms with Crippen molar-refractivity contribution < 1.29 is 9.13 Å². The molecule has 1 heterocycles. The summed E-state index contributed by atoms with van der Waals surface area (Å²) in [5.41, 5.74) is 0. The molecule has 0 aromatic carbocycles. The van der Waals surface area contributed by atoms with Gasteiger partial charge in [-0.1, -0.05) is 6.07 Å². The van der Waals surface area contributed by atoms with Crippen molar-refractivity contribution in [3.05, 3.63) is 31.1 Å². The summed E-state index contributed by atoms with van der Waals surface area (Å²) in [5.74, 6) is -0.263. The third kappa shape index (κ3) is 1.69. The maximum atomic E-state index is 12.3. The number of halogens is 1. The van der Waals surface area contributed by atoms with Crippen LogP contribution in [-0.4, -0.2) is 11.6 Å². The molecule has 0 aliphatic heterocycles. The van der Waals surface area contributed by atoms with Crippen LogP contribution in [0.2, 0.25) is 0 Å². The predicted molar refractivity (Wildman–Crippen MR) is 35.0 cm³/mol. The fourth-order valence-corrected chi connectivity index (χ4v) is 0.575. The third-order valence-electron chi connectivity index (χ3n) is 0.940. The van der Waals surface area contributed by atoms with Crippen molar-refractivity contribution in [1.82, 2.24) is 4.98 Å². The van der Waals surface area contributed by atoms with Gasteiger partial charge in [0.1, 0.15) is 0 Å². The maximum absolute atomic E-state index is 12.3. The van der Waals surface area contributed by atoms with E-state index in [-0.39, 0.29) is 12.5 Å². The van der Waals surface area contributed by atoms with E-state index in [4.69, 9.17) is 4.74 Å². The molecule has 1 aromatic rings. The van der Waals surface area contributed by atoms with Crippen molar-refractivity contribution in [3.8, 4) is 5.88 Å². The molecule has 0 unspecified atom stereocenters. The van der Waals surface area contributed by atoms with Gasteiger partial charge in [0.2, 0.25) is 11.8 Å². The van der Waals surface area contributed by atoms with Gasteiger partial charge in [-0.05, 0) is 13.0 Å². The van der Waals surface area contributed by atoms with Gasteiger partial charge in [-0.15, -0.1) is 0 Å². The highest BCUT2D eigenvalue weighted by molar-refractivity contribution is 5.10. The van der Waals surface area contributed by atoms with Crippen molar-refractivity contribution in [2.24, 2.45) is 0 Å². The zero-order valence-corrected chi connectivity index (χ0v) is 5.38. The van der Waals surface area contributed by atoms with Crippen molar-refractivity contribution in [1.29, 1.82) is 0 Å². The zero-order chi connectivity index (χ0) is 7.40. The lowest BCUT2D eigenvalue weighted by Crippen LogP contribution is -1.94. The number of nitrogens with zero attached hydrogens (tertiary/aromatic N) is 1.